The molecule has 0 aromatic carbocycles. The Hall–Kier alpha value is -1.70. The molecule has 1 aliphatic rings. The molecule has 0 radical (unpaired) electrons. The number of imide groups is 1. The number of hydrogen-bond donors (Lipinski definition) is 2. The SMILES string of the molecule is CCCNc1nnc(CN2C(=O)NC(C)(C)C2=O)s1. The first-order valence-corrected chi connectivity index (χ1v) is 6.96. The minimum Gasteiger partial charge on any atom is -0.360 e. The van der Waals surface area contributed by atoms with E-state index in [1.54, 1.807) is 13.8 Å². The maximum Gasteiger partial charge on any atom is 0.325 e. The van der Waals surface area contributed by atoms with Gasteiger partial charge >= 0.3 is 6.03 Å². The summed E-state index contributed by atoms with van der Waals surface area (Å²) in [6, 6.07) is -0.381. The summed E-state index contributed by atoms with van der Waals surface area (Å²) in [5, 5.41) is 15.1. The van der Waals surface area contributed by atoms with Gasteiger partial charge in [-0.05, 0) is 20.3 Å². The van der Waals surface area contributed by atoms with Crippen molar-refractivity contribution < 1.29 is 9.59 Å². The zero-order valence-electron chi connectivity index (χ0n) is 11.2. The Morgan fingerprint density at radius 1 is 1.37 bits per heavy atom. The molecule has 2 N–H and O–H groups in total. The molecule has 1 aromatic rings. The Morgan fingerprint density at radius 2 is 2.11 bits per heavy atom. The first-order chi connectivity index (χ1) is 8.94. The van der Waals surface area contributed by atoms with Gasteiger partial charge in [0, 0.05) is 6.54 Å². The first kappa shape index (κ1) is 13.7. The van der Waals surface area contributed by atoms with Gasteiger partial charge in [-0.2, -0.15) is 0 Å². The van der Waals surface area contributed by atoms with Gasteiger partial charge in [-0.3, -0.25) is 9.69 Å². The van der Waals surface area contributed by atoms with Gasteiger partial charge < -0.3 is 10.6 Å². The van der Waals surface area contributed by atoms with E-state index >= 15 is 0 Å². The Balaban J connectivity index is 2.03. The summed E-state index contributed by atoms with van der Waals surface area (Å²) in [6.45, 7) is 6.41. The van der Waals surface area contributed by atoms with Gasteiger partial charge in [-0.25, -0.2) is 4.79 Å². The molecule has 2 rings (SSSR count). The van der Waals surface area contributed by atoms with Crippen LogP contribution >= 0.6 is 11.3 Å². The highest BCUT2D eigenvalue weighted by Crippen LogP contribution is 2.22. The Morgan fingerprint density at radius 3 is 2.68 bits per heavy atom. The lowest BCUT2D eigenvalue weighted by Crippen LogP contribution is -2.40. The van der Waals surface area contributed by atoms with Crippen LogP contribution in [0, 0.1) is 0 Å². The minimum absolute atomic E-state index is 0.166. The average Bonchev–Trinajstić information content (AvgIpc) is 2.86. The number of carbonyl (C=O) groups is 2. The Kier molecular flexibility index (Phi) is 3.70. The summed E-state index contributed by atoms with van der Waals surface area (Å²) in [6.07, 6.45) is 0.996. The molecule has 3 amide bonds. The molecular formula is C11H17N5O2S. The van der Waals surface area contributed by atoms with Gasteiger partial charge in [0.2, 0.25) is 5.13 Å². The number of nitrogens with zero attached hydrogens (tertiary/aromatic N) is 3. The largest absolute Gasteiger partial charge is 0.360 e. The van der Waals surface area contributed by atoms with Crippen molar-refractivity contribution in [1.82, 2.24) is 20.4 Å². The Bertz CT molecular complexity index is 499. The van der Waals surface area contributed by atoms with Gasteiger partial charge in [0.05, 0.1) is 6.54 Å². The van der Waals surface area contributed by atoms with Crippen LogP contribution in [0.4, 0.5) is 9.93 Å². The predicted molar refractivity (Wildman–Crippen MR) is 71.9 cm³/mol. The monoisotopic (exact) mass is 283 g/mol. The number of carbonyl (C=O) groups excluding carboxylic acids is 2. The van der Waals surface area contributed by atoms with Crippen molar-refractivity contribution in [1.29, 1.82) is 0 Å². The third-order valence-corrected chi connectivity index (χ3v) is 3.60. The fourth-order valence-electron chi connectivity index (χ4n) is 1.72. The summed E-state index contributed by atoms with van der Waals surface area (Å²) in [4.78, 5) is 24.9. The van der Waals surface area contributed by atoms with Crippen molar-refractivity contribution in [3.05, 3.63) is 5.01 Å². The van der Waals surface area contributed by atoms with Crippen LogP contribution in [-0.4, -0.2) is 39.1 Å². The summed E-state index contributed by atoms with van der Waals surface area (Å²) in [7, 11) is 0. The van der Waals surface area contributed by atoms with Gasteiger partial charge in [-0.1, -0.05) is 18.3 Å². The topological polar surface area (TPSA) is 87.2 Å². The first-order valence-electron chi connectivity index (χ1n) is 6.14. The second-order valence-electron chi connectivity index (χ2n) is 4.87. The summed E-state index contributed by atoms with van der Waals surface area (Å²) >= 11 is 1.36. The van der Waals surface area contributed by atoms with Crippen molar-refractivity contribution in [2.45, 2.75) is 39.3 Å². The highest BCUT2D eigenvalue weighted by Gasteiger charge is 2.44. The molecule has 7 nitrogen and oxygen atoms in total. The van der Waals surface area contributed by atoms with E-state index in [2.05, 4.69) is 27.8 Å². The maximum atomic E-state index is 12.0. The Labute approximate surface area is 115 Å². The fourth-order valence-corrected chi connectivity index (χ4v) is 2.47. The zero-order chi connectivity index (χ0) is 14.0. The molecule has 8 heteroatoms. The average molecular weight is 283 g/mol. The molecular weight excluding hydrogens is 266 g/mol. The molecule has 0 atom stereocenters. The molecule has 0 bridgehead atoms. The molecule has 0 spiro atoms. The van der Waals surface area contributed by atoms with Gasteiger partial charge in [0.15, 0.2) is 0 Å². The standard InChI is InChI=1S/C11H17N5O2S/c1-4-5-12-9-15-14-7(19-9)6-16-8(17)11(2,3)13-10(16)18/h4-6H2,1-3H3,(H,12,15)(H,13,18). The van der Waals surface area contributed by atoms with Crippen molar-refractivity contribution in [2.75, 3.05) is 11.9 Å². The highest BCUT2D eigenvalue weighted by atomic mass is 32.1. The van der Waals surface area contributed by atoms with E-state index < -0.39 is 5.54 Å². The van der Waals surface area contributed by atoms with Crippen LogP contribution in [0.25, 0.3) is 0 Å². The zero-order valence-corrected chi connectivity index (χ0v) is 12.0. The maximum absolute atomic E-state index is 12.0. The molecule has 19 heavy (non-hydrogen) atoms. The minimum atomic E-state index is -0.842. The predicted octanol–water partition coefficient (Wildman–Crippen LogP) is 1.19. The van der Waals surface area contributed by atoms with E-state index in [1.165, 1.54) is 16.2 Å². The second-order valence-corrected chi connectivity index (χ2v) is 5.94. The number of anilines is 1. The lowest BCUT2D eigenvalue weighted by molar-refractivity contribution is -0.130. The van der Waals surface area contributed by atoms with Crippen molar-refractivity contribution in [3.8, 4) is 0 Å². The third kappa shape index (κ3) is 2.83. The van der Waals surface area contributed by atoms with E-state index in [-0.39, 0.29) is 18.5 Å². The quantitative estimate of drug-likeness (QED) is 0.793. The molecule has 0 unspecified atom stereocenters. The molecule has 0 aliphatic carbocycles. The highest BCUT2D eigenvalue weighted by molar-refractivity contribution is 7.15. The van der Waals surface area contributed by atoms with E-state index in [9.17, 15) is 9.59 Å². The van der Waals surface area contributed by atoms with E-state index in [0.29, 0.717) is 10.1 Å². The number of nitrogens with one attached hydrogen (secondary N) is 2. The number of aromatic nitrogens is 2. The molecule has 0 saturated carbocycles. The molecule has 1 fully saturated rings. The van der Waals surface area contributed by atoms with Crippen LogP contribution in [0.1, 0.15) is 32.2 Å². The van der Waals surface area contributed by atoms with Gasteiger partial charge in [0.25, 0.3) is 5.91 Å². The molecule has 1 aromatic heterocycles. The normalized spacial score (nSPS) is 17.7. The summed E-state index contributed by atoms with van der Waals surface area (Å²) in [5.74, 6) is -0.240. The fraction of sp³-hybridized carbons (Fsp3) is 0.636. The lowest BCUT2D eigenvalue weighted by Gasteiger charge is -2.14. The number of hydrogen-bond acceptors (Lipinski definition) is 6. The van der Waals surface area contributed by atoms with Crippen molar-refractivity contribution in [2.24, 2.45) is 0 Å². The van der Waals surface area contributed by atoms with E-state index in [4.69, 9.17) is 0 Å². The molecule has 1 aliphatic heterocycles. The van der Waals surface area contributed by atoms with Crippen LogP contribution in [-0.2, 0) is 11.3 Å². The third-order valence-electron chi connectivity index (χ3n) is 2.73. The molecule has 104 valence electrons. The number of amides is 3. The van der Waals surface area contributed by atoms with Crippen LogP contribution < -0.4 is 10.6 Å². The van der Waals surface area contributed by atoms with Gasteiger partial charge in [0.1, 0.15) is 10.5 Å². The van der Waals surface area contributed by atoms with Crippen LogP contribution in [0.3, 0.4) is 0 Å². The van der Waals surface area contributed by atoms with Crippen LogP contribution in [0.2, 0.25) is 0 Å². The van der Waals surface area contributed by atoms with E-state index in [0.717, 1.165) is 13.0 Å². The van der Waals surface area contributed by atoms with Crippen LogP contribution in [0.5, 0.6) is 0 Å². The number of urea groups is 1. The van der Waals surface area contributed by atoms with E-state index in [1.807, 2.05) is 0 Å². The van der Waals surface area contributed by atoms with Crippen molar-refractivity contribution in [3.63, 3.8) is 0 Å². The smallest absolute Gasteiger partial charge is 0.325 e. The second kappa shape index (κ2) is 5.12. The number of rotatable bonds is 5. The summed E-state index contributed by atoms with van der Waals surface area (Å²) in [5.41, 5.74) is -0.842. The lowest BCUT2D eigenvalue weighted by atomic mass is 10.1. The molecule has 1 saturated heterocycles. The summed E-state index contributed by atoms with van der Waals surface area (Å²) < 4.78 is 0. The van der Waals surface area contributed by atoms with Gasteiger partial charge in [-0.15, -0.1) is 10.2 Å². The molecule has 2 heterocycles. The van der Waals surface area contributed by atoms with Crippen molar-refractivity contribution >= 4 is 28.4 Å². The van der Waals surface area contributed by atoms with Crippen LogP contribution in [0.15, 0.2) is 0 Å².